The predicted octanol–water partition coefficient (Wildman–Crippen LogP) is 4.72. The van der Waals surface area contributed by atoms with Crippen molar-refractivity contribution in [2.45, 2.75) is 38.6 Å². The van der Waals surface area contributed by atoms with E-state index >= 15 is 0 Å². The molecule has 2 amide bonds. The van der Waals surface area contributed by atoms with Crippen LogP contribution in [0.25, 0.3) is 0 Å². The molecule has 1 fully saturated rings. The smallest absolute Gasteiger partial charge is 0.251 e. The molecule has 2 aromatic carbocycles. The molecule has 0 spiro atoms. The van der Waals surface area contributed by atoms with E-state index in [4.69, 9.17) is 0 Å². The van der Waals surface area contributed by atoms with E-state index in [9.17, 15) is 9.59 Å². The third-order valence-corrected chi connectivity index (χ3v) is 4.86. The van der Waals surface area contributed by atoms with Gasteiger partial charge in [0.15, 0.2) is 0 Å². The fourth-order valence-electron chi connectivity index (χ4n) is 2.92. The SMILES string of the molecule is CC(C)(C)NC(=O)c1ccc(NC(=O)C2CC2c2ccc(Br)cc2)cc1. The number of nitrogens with one attached hydrogen (secondary N) is 2. The van der Waals surface area contributed by atoms with Crippen LogP contribution in [0.3, 0.4) is 0 Å². The lowest BCUT2D eigenvalue weighted by atomic mass is 10.1. The summed E-state index contributed by atoms with van der Waals surface area (Å²) >= 11 is 3.43. The molecule has 2 atom stereocenters. The standard InChI is InChI=1S/C21H23BrN2O2/c1-21(2,3)24-19(25)14-6-10-16(11-7-14)23-20(26)18-12-17(18)13-4-8-15(22)9-5-13/h4-11,17-18H,12H2,1-3H3,(H,23,26)(H,24,25). The minimum atomic E-state index is -0.280. The third-order valence-electron chi connectivity index (χ3n) is 4.33. The average molecular weight is 415 g/mol. The molecule has 136 valence electrons. The summed E-state index contributed by atoms with van der Waals surface area (Å²) in [7, 11) is 0. The Labute approximate surface area is 162 Å². The van der Waals surface area contributed by atoms with Gasteiger partial charge in [0.2, 0.25) is 5.91 Å². The van der Waals surface area contributed by atoms with Gasteiger partial charge in [-0.2, -0.15) is 0 Å². The van der Waals surface area contributed by atoms with E-state index in [1.807, 2.05) is 32.9 Å². The summed E-state index contributed by atoms with van der Waals surface area (Å²) in [6, 6.07) is 15.1. The Balaban J connectivity index is 1.57. The molecule has 0 aromatic heterocycles. The van der Waals surface area contributed by atoms with Crippen LogP contribution in [0.2, 0.25) is 0 Å². The quantitative estimate of drug-likeness (QED) is 0.759. The molecule has 26 heavy (non-hydrogen) atoms. The molecule has 5 heteroatoms. The van der Waals surface area contributed by atoms with Gasteiger partial charge in [0, 0.05) is 27.2 Å². The van der Waals surface area contributed by atoms with Crippen molar-refractivity contribution in [3.63, 3.8) is 0 Å². The number of anilines is 1. The van der Waals surface area contributed by atoms with Crippen molar-refractivity contribution in [3.05, 3.63) is 64.1 Å². The summed E-state index contributed by atoms with van der Waals surface area (Å²) in [5, 5.41) is 5.87. The van der Waals surface area contributed by atoms with Gasteiger partial charge in [-0.25, -0.2) is 0 Å². The molecule has 2 N–H and O–H groups in total. The van der Waals surface area contributed by atoms with Crippen LogP contribution in [0, 0.1) is 5.92 Å². The molecular weight excluding hydrogens is 392 g/mol. The first-order valence-electron chi connectivity index (χ1n) is 8.72. The lowest BCUT2D eigenvalue weighted by Gasteiger charge is -2.20. The highest BCUT2D eigenvalue weighted by atomic mass is 79.9. The van der Waals surface area contributed by atoms with Gasteiger partial charge in [-0.1, -0.05) is 28.1 Å². The van der Waals surface area contributed by atoms with Crippen molar-refractivity contribution in [1.82, 2.24) is 5.32 Å². The molecule has 2 unspecified atom stereocenters. The Morgan fingerprint density at radius 3 is 2.19 bits per heavy atom. The maximum absolute atomic E-state index is 12.4. The molecule has 2 aromatic rings. The zero-order valence-electron chi connectivity index (χ0n) is 15.2. The topological polar surface area (TPSA) is 58.2 Å². The first-order chi connectivity index (χ1) is 12.2. The maximum Gasteiger partial charge on any atom is 0.251 e. The number of amides is 2. The highest BCUT2D eigenvalue weighted by Gasteiger charge is 2.43. The van der Waals surface area contributed by atoms with Gasteiger partial charge >= 0.3 is 0 Å². The van der Waals surface area contributed by atoms with Crippen LogP contribution < -0.4 is 10.6 Å². The lowest BCUT2D eigenvalue weighted by Crippen LogP contribution is -2.40. The molecule has 0 aliphatic heterocycles. The van der Waals surface area contributed by atoms with E-state index in [-0.39, 0.29) is 23.3 Å². The minimum absolute atomic E-state index is 0.0139. The molecular formula is C21H23BrN2O2. The summed E-state index contributed by atoms with van der Waals surface area (Å²) in [5.74, 6) is 0.220. The Morgan fingerprint density at radius 1 is 1.00 bits per heavy atom. The fraction of sp³-hybridized carbons (Fsp3) is 0.333. The van der Waals surface area contributed by atoms with Crippen LogP contribution >= 0.6 is 15.9 Å². The van der Waals surface area contributed by atoms with Crippen molar-refractivity contribution in [2.75, 3.05) is 5.32 Å². The molecule has 1 aliphatic rings. The van der Waals surface area contributed by atoms with Gasteiger partial charge in [-0.3, -0.25) is 9.59 Å². The predicted molar refractivity (Wildman–Crippen MR) is 107 cm³/mol. The van der Waals surface area contributed by atoms with E-state index < -0.39 is 0 Å². The molecule has 0 saturated heterocycles. The molecule has 4 nitrogen and oxygen atoms in total. The number of carbonyl (C=O) groups excluding carboxylic acids is 2. The molecule has 0 bridgehead atoms. The highest BCUT2D eigenvalue weighted by Crippen LogP contribution is 2.48. The molecule has 0 radical (unpaired) electrons. The summed E-state index contributed by atoms with van der Waals surface area (Å²) in [6.45, 7) is 5.82. The molecule has 3 rings (SSSR count). The first-order valence-corrected chi connectivity index (χ1v) is 9.51. The van der Waals surface area contributed by atoms with Crippen LogP contribution in [-0.2, 0) is 4.79 Å². The summed E-state index contributed by atoms with van der Waals surface area (Å²) in [6.07, 6.45) is 0.875. The number of hydrogen-bond acceptors (Lipinski definition) is 2. The summed E-state index contributed by atoms with van der Waals surface area (Å²) < 4.78 is 1.04. The van der Waals surface area contributed by atoms with E-state index in [0.29, 0.717) is 17.2 Å². The Hall–Kier alpha value is -2.14. The van der Waals surface area contributed by atoms with Gasteiger partial charge in [-0.15, -0.1) is 0 Å². The van der Waals surface area contributed by atoms with Crippen LogP contribution in [0.1, 0.15) is 49.0 Å². The van der Waals surface area contributed by atoms with Crippen molar-refractivity contribution in [3.8, 4) is 0 Å². The minimum Gasteiger partial charge on any atom is -0.347 e. The van der Waals surface area contributed by atoms with Crippen LogP contribution in [0.5, 0.6) is 0 Å². The number of benzene rings is 2. The number of halogens is 1. The first kappa shape index (κ1) is 18.6. The Kier molecular flexibility index (Phi) is 5.19. The van der Waals surface area contributed by atoms with Crippen molar-refractivity contribution >= 4 is 33.4 Å². The van der Waals surface area contributed by atoms with E-state index in [1.165, 1.54) is 5.56 Å². The molecule has 1 aliphatic carbocycles. The Morgan fingerprint density at radius 2 is 1.62 bits per heavy atom. The normalized spacial score (nSPS) is 18.9. The lowest BCUT2D eigenvalue weighted by molar-refractivity contribution is -0.117. The van der Waals surface area contributed by atoms with Gasteiger partial charge in [-0.05, 0) is 75.1 Å². The average Bonchev–Trinajstić information content (AvgIpc) is 3.35. The molecule has 1 saturated carbocycles. The van der Waals surface area contributed by atoms with Crippen molar-refractivity contribution in [1.29, 1.82) is 0 Å². The highest BCUT2D eigenvalue weighted by molar-refractivity contribution is 9.10. The zero-order valence-corrected chi connectivity index (χ0v) is 16.8. The van der Waals surface area contributed by atoms with E-state index in [0.717, 1.165) is 10.9 Å². The molecule has 0 heterocycles. The fourth-order valence-corrected chi connectivity index (χ4v) is 3.18. The number of carbonyl (C=O) groups is 2. The van der Waals surface area contributed by atoms with Gasteiger partial charge in [0.25, 0.3) is 5.91 Å². The third kappa shape index (κ3) is 4.73. The summed E-state index contributed by atoms with van der Waals surface area (Å²) in [4.78, 5) is 24.6. The maximum atomic E-state index is 12.4. The number of hydrogen-bond donors (Lipinski definition) is 2. The van der Waals surface area contributed by atoms with Crippen molar-refractivity contribution in [2.24, 2.45) is 5.92 Å². The van der Waals surface area contributed by atoms with Crippen molar-refractivity contribution < 1.29 is 9.59 Å². The second kappa shape index (κ2) is 7.23. The van der Waals surface area contributed by atoms with E-state index in [1.54, 1.807) is 24.3 Å². The van der Waals surface area contributed by atoms with Gasteiger partial charge < -0.3 is 10.6 Å². The second-order valence-corrected chi connectivity index (χ2v) is 8.69. The van der Waals surface area contributed by atoms with Gasteiger partial charge in [0.05, 0.1) is 0 Å². The zero-order chi connectivity index (χ0) is 18.9. The Bertz CT molecular complexity index is 807. The van der Waals surface area contributed by atoms with Crippen LogP contribution in [0.4, 0.5) is 5.69 Å². The summed E-state index contributed by atoms with van der Waals surface area (Å²) in [5.41, 5.74) is 2.21. The van der Waals surface area contributed by atoms with Crippen LogP contribution in [0.15, 0.2) is 53.0 Å². The number of rotatable bonds is 4. The monoisotopic (exact) mass is 414 g/mol. The largest absolute Gasteiger partial charge is 0.347 e. The van der Waals surface area contributed by atoms with Crippen LogP contribution in [-0.4, -0.2) is 17.4 Å². The van der Waals surface area contributed by atoms with Gasteiger partial charge in [0.1, 0.15) is 0 Å². The van der Waals surface area contributed by atoms with E-state index in [2.05, 4.69) is 38.7 Å². The second-order valence-electron chi connectivity index (χ2n) is 7.77.